The highest BCUT2D eigenvalue weighted by atomic mass is 16.4. The normalized spacial score (nSPS) is 46.8. The first-order valence-electron chi connectivity index (χ1n) is 13.6. The quantitative estimate of drug-likeness (QED) is 0.380. The molecule has 4 aliphatic rings. The molecule has 4 fully saturated rings. The summed E-state index contributed by atoms with van der Waals surface area (Å²) < 4.78 is 0. The molecule has 0 aliphatic heterocycles. The van der Waals surface area contributed by atoms with Gasteiger partial charge in [0.2, 0.25) is 11.6 Å². The van der Waals surface area contributed by atoms with E-state index in [4.69, 9.17) is 0 Å². The number of aliphatic carboxylic acids is 1. The minimum Gasteiger partial charge on any atom is -0.481 e. The van der Waals surface area contributed by atoms with Crippen molar-refractivity contribution in [2.45, 2.75) is 91.8 Å². The highest BCUT2D eigenvalue weighted by Gasteiger charge is 2.69. The summed E-state index contributed by atoms with van der Waals surface area (Å²) >= 11 is 0. The fraction of sp³-hybridized carbons (Fsp3) is 0.828. The van der Waals surface area contributed by atoms with Gasteiger partial charge in [0.1, 0.15) is 0 Å². The standard InChI is InChI=1S/C29H44O6/c1-14(16(3)27(34)35)7-8-15(2)18-9-10-19-23-22(31)13-20-17(4)21(30)11-12-28(20,5)24(23)25(32)26(33)29(18,19)6/h15-24,30-31H,1,7-13H2,2-6H3,(H,34,35)/t15-,16?,17+,18-,19+,20?,21-,22+,23?,24?,28+,29-/m1/s1. The van der Waals surface area contributed by atoms with Gasteiger partial charge in [-0.05, 0) is 92.8 Å². The molecule has 0 aromatic rings. The SMILES string of the molecule is C=C(CC[C@@H](C)[C@H]1CC[C@H]2C3C(C(=O)C(=O)[C@]12C)[C@@]1(C)CC[C@@H](O)[C@@H](C)C1C[C@@H]3O)C(C)C(=O)O. The van der Waals surface area contributed by atoms with Crippen molar-refractivity contribution in [3.05, 3.63) is 12.2 Å². The monoisotopic (exact) mass is 488 g/mol. The number of carboxylic acid groups (broad SMARTS) is 1. The number of ketones is 2. The summed E-state index contributed by atoms with van der Waals surface area (Å²) in [5.74, 6) is -2.55. The van der Waals surface area contributed by atoms with Crippen LogP contribution in [0.1, 0.15) is 79.6 Å². The minimum atomic E-state index is -0.878. The van der Waals surface area contributed by atoms with Crippen molar-refractivity contribution in [2.75, 3.05) is 0 Å². The van der Waals surface area contributed by atoms with Crippen LogP contribution in [0.3, 0.4) is 0 Å². The fourth-order valence-electron chi connectivity index (χ4n) is 9.15. The molecule has 6 heteroatoms. The van der Waals surface area contributed by atoms with Crippen molar-refractivity contribution in [1.29, 1.82) is 0 Å². The molecule has 196 valence electrons. The molecule has 4 unspecified atom stereocenters. The zero-order valence-corrected chi connectivity index (χ0v) is 22.0. The maximum atomic E-state index is 13.9. The number of hydrogen-bond donors (Lipinski definition) is 3. The number of carboxylic acids is 1. The summed E-state index contributed by atoms with van der Waals surface area (Å²) in [5.41, 5.74) is -0.475. The molecule has 0 saturated heterocycles. The largest absolute Gasteiger partial charge is 0.481 e. The van der Waals surface area contributed by atoms with Crippen LogP contribution < -0.4 is 0 Å². The van der Waals surface area contributed by atoms with Crippen LogP contribution in [0.5, 0.6) is 0 Å². The third-order valence-electron chi connectivity index (χ3n) is 11.5. The van der Waals surface area contributed by atoms with E-state index in [1.807, 2.05) is 13.8 Å². The second-order valence-electron chi connectivity index (χ2n) is 12.9. The van der Waals surface area contributed by atoms with E-state index in [9.17, 15) is 29.7 Å². The minimum absolute atomic E-state index is 0.00166. The first kappa shape index (κ1) is 26.5. The van der Waals surface area contributed by atoms with Crippen LogP contribution in [-0.2, 0) is 14.4 Å². The van der Waals surface area contributed by atoms with E-state index in [2.05, 4.69) is 20.4 Å². The summed E-state index contributed by atoms with van der Waals surface area (Å²) in [7, 11) is 0. The predicted molar refractivity (Wildman–Crippen MR) is 132 cm³/mol. The van der Waals surface area contributed by atoms with Gasteiger partial charge in [-0.25, -0.2) is 0 Å². The average molecular weight is 489 g/mol. The van der Waals surface area contributed by atoms with Gasteiger partial charge in [-0.1, -0.05) is 39.8 Å². The maximum Gasteiger partial charge on any atom is 0.310 e. The van der Waals surface area contributed by atoms with Crippen LogP contribution in [0, 0.1) is 58.2 Å². The molecule has 4 aliphatic carbocycles. The Morgan fingerprint density at radius 2 is 1.74 bits per heavy atom. The first-order valence-corrected chi connectivity index (χ1v) is 13.6. The second-order valence-corrected chi connectivity index (χ2v) is 12.9. The van der Waals surface area contributed by atoms with Gasteiger partial charge in [0.05, 0.1) is 18.1 Å². The van der Waals surface area contributed by atoms with Gasteiger partial charge in [-0.3, -0.25) is 14.4 Å². The van der Waals surface area contributed by atoms with Gasteiger partial charge in [-0.2, -0.15) is 0 Å². The molecule has 6 nitrogen and oxygen atoms in total. The van der Waals surface area contributed by atoms with Gasteiger partial charge in [0.15, 0.2) is 0 Å². The van der Waals surface area contributed by atoms with E-state index in [0.29, 0.717) is 31.3 Å². The zero-order chi connectivity index (χ0) is 26.0. The Kier molecular flexibility index (Phi) is 6.89. The zero-order valence-electron chi connectivity index (χ0n) is 22.0. The van der Waals surface area contributed by atoms with Crippen LogP contribution >= 0.6 is 0 Å². The van der Waals surface area contributed by atoms with Gasteiger partial charge >= 0.3 is 5.97 Å². The van der Waals surface area contributed by atoms with E-state index in [1.165, 1.54) is 0 Å². The Labute approximate surface area is 209 Å². The van der Waals surface area contributed by atoms with Crippen molar-refractivity contribution >= 4 is 17.5 Å². The average Bonchev–Trinajstić information content (AvgIpc) is 3.16. The molecule has 3 N–H and O–H groups in total. The van der Waals surface area contributed by atoms with Crippen molar-refractivity contribution in [1.82, 2.24) is 0 Å². The van der Waals surface area contributed by atoms with Crippen LogP contribution in [0.25, 0.3) is 0 Å². The fourth-order valence-corrected chi connectivity index (χ4v) is 9.15. The number of rotatable bonds is 6. The predicted octanol–water partition coefficient (Wildman–Crippen LogP) is 4.27. The molecule has 4 rings (SSSR count). The molecule has 0 radical (unpaired) electrons. The van der Waals surface area contributed by atoms with E-state index < -0.39 is 35.4 Å². The summed E-state index contributed by atoms with van der Waals surface area (Å²) in [6.07, 6.45) is 3.85. The molecule has 12 atom stereocenters. The molecule has 35 heavy (non-hydrogen) atoms. The third kappa shape index (κ3) is 3.85. The van der Waals surface area contributed by atoms with Crippen LogP contribution in [0.2, 0.25) is 0 Å². The van der Waals surface area contributed by atoms with Crippen molar-refractivity contribution in [2.24, 2.45) is 58.2 Å². The summed E-state index contributed by atoms with van der Waals surface area (Å²) in [5, 5.41) is 31.2. The number of aliphatic hydroxyl groups is 2. The molecular formula is C29H44O6. The van der Waals surface area contributed by atoms with Gasteiger partial charge in [0.25, 0.3) is 0 Å². The number of hydrogen-bond acceptors (Lipinski definition) is 5. The number of fused-ring (bicyclic) bond motifs is 5. The van der Waals surface area contributed by atoms with Gasteiger partial charge in [0, 0.05) is 11.3 Å². The van der Waals surface area contributed by atoms with Crippen molar-refractivity contribution in [3.8, 4) is 0 Å². The lowest BCUT2D eigenvalue weighted by Gasteiger charge is -2.62. The molecule has 4 saturated carbocycles. The lowest BCUT2D eigenvalue weighted by atomic mass is 9.42. The Balaban J connectivity index is 1.60. The highest BCUT2D eigenvalue weighted by molar-refractivity contribution is 6.41. The molecule has 0 aromatic heterocycles. The smallest absolute Gasteiger partial charge is 0.310 e. The van der Waals surface area contributed by atoms with E-state index in [1.54, 1.807) is 6.92 Å². The molecule has 0 spiro atoms. The third-order valence-corrected chi connectivity index (χ3v) is 11.5. The topological polar surface area (TPSA) is 112 Å². The van der Waals surface area contributed by atoms with Crippen LogP contribution in [0.4, 0.5) is 0 Å². The number of carbonyl (C=O) groups is 3. The number of Topliss-reactive ketones (excluding diaryl/α,β-unsaturated/α-hetero) is 2. The Hall–Kier alpha value is -1.53. The summed E-state index contributed by atoms with van der Waals surface area (Å²) in [6.45, 7) is 13.8. The first-order chi connectivity index (χ1) is 16.3. The second kappa shape index (κ2) is 9.09. The molecule has 0 bridgehead atoms. The Morgan fingerprint density at radius 3 is 2.37 bits per heavy atom. The summed E-state index contributed by atoms with van der Waals surface area (Å²) in [6, 6.07) is 0. The Morgan fingerprint density at radius 1 is 1.09 bits per heavy atom. The molecule has 0 amide bonds. The van der Waals surface area contributed by atoms with Crippen molar-refractivity contribution in [3.63, 3.8) is 0 Å². The lowest BCUT2D eigenvalue weighted by Crippen LogP contribution is -2.66. The van der Waals surface area contributed by atoms with E-state index in [0.717, 1.165) is 19.3 Å². The van der Waals surface area contributed by atoms with Gasteiger partial charge in [-0.15, -0.1) is 0 Å². The van der Waals surface area contributed by atoms with Crippen molar-refractivity contribution < 1.29 is 29.7 Å². The number of carbonyl (C=O) groups excluding carboxylic acids is 2. The highest BCUT2D eigenvalue weighted by Crippen LogP contribution is 2.67. The lowest BCUT2D eigenvalue weighted by molar-refractivity contribution is -0.194. The van der Waals surface area contributed by atoms with E-state index in [-0.39, 0.29) is 52.5 Å². The number of aliphatic hydroxyl groups excluding tert-OH is 2. The van der Waals surface area contributed by atoms with Crippen LogP contribution in [0.15, 0.2) is 12.2 Å². The van der Waals surface area contributed by atoms with Gasteiger partial charge < -0.3 is 15.3 Å². The molecular weight excluding hydrogens is 444 g/mol. The molecule has 0 aromatic carbocycles. The van der Waals surface area contributed by atoms with Crippen LogP contribution in [-0.4, -0.2) is 45.1 Å². The maximum absolute atomic E-state index is 13.9. The molecule has 0 heterocycles. The van der Waals surface area contributed by atoms with E-state index >= 15 is 0 Å². The summed E-state index contributed by atoms with van der Waals surface area (Å²) in [4.78, 5) is 39.1. The Bertz CT molecular complexity index is 911.